The van der Waals surface area contributed by atoms with E-state index < -0.39 is 5.24 Å². The number of aromatic amines is 1. The van der Waals surface area contributed by atoms with Gasteiger partial charge in [-0.1, -0.05) is 0 Å². The molecule has 0 aliphatic carbocycles. The monoisotopic (exact) mass is 226 g/mol. The van der Waals surface area contributed by atoms with Crippen LogP contribution in [0.1, 0.15) is 10.4 Å². The van der Waals surface area contributed by atoms with E-state index in [0.717, 1.165) is 10.4 Å². The summed E-state index contributed by atoms with van der Waals surface area (Å²) in [6.45, 7) is 0. The minimum atomic E-state index is -0.466. The molecule has 1 N–H and O–H groups in total. The smallest absolute Gasteiger partial charge is 0.255 e. The molecule has 2 aromatic rings. The molecular formula is C9H7ClN2OS. The molecule has 0 atom stereocenters. The second kappa shape index (κ2) is 3.63. The maximum Gasteiger partial charge on any atom is 0.255 e. The van der Waals surface area contributed by atoms with E-state index in [1.165, 1.54) is 11.8 Å². The number of nitrogens with zero attached hydrogens (tertiary/aromatic N) is 1. The Bertz CT molecular complexity index is 495. The second-order valence-corrected chi connectivity index (χ2v) is 3.91. The summed E-state index contributed by atoms with van der Waals surface area (Å²) in [6, 6.07) is 3.75. The topological polar surface area (TPSA) is 45.8 Å². The van der Waals surface area contributed by atoms with Crippen LogP contribution < -0.4 is 0 Å². The van der Waals surface area contributed by atoms with Gasteiger partial charge in [-0.25, -0.2) is 4.98 Å². The highest BCUT2D eigenvalue weighted by Crippen LogP contribution is 2.27. The van der Waals surface area contributed by atoms with E-state index >= 15 is 0 Å². The summed E-state index contributed by atoms with van der Waals surface area (Å²) in [5, 5.41) is -0.466. The number of imidazole rings is 1. The Morgan fingerprint density at radius 1 is 1.57 bits per heavy atom. The fourth-order valence-corrected chi connectivity index (χ4v) is 2.19. The van der Waals surface area contributed by atoms with Crippen LogP contribution in [0.5, 0.6) is 0 Å². The molecule has 0 unspecified atom stereocenters. The Kier molecular flexibility index (Phi) is 2.48. The number of hydrogen-bond donors (Lipinski definition) is 1. The molecule has 0 saturated carbocycles. The fraction of sp³-hybridized carbons (Fsp3) is 0.111. The zero-order valence-corrected chi connectivity index (χ0v) is 8.95. The summed E-state index contributed by atoms with van der Waals surface area (Å²) in [5.74, 6) is 0. The summed E-state index contributed by atoms with van der Waals surface area (Å²) >= 11 is 7.00. The zero-order chi connectivity index (χ0) is 10.1. The van der Waals surface area contributed by atoms with Crippen LogP contribution in [0.3, 0.4) is 0 Å². The predicted octanol–water partition coefficient (Wildman–Crippen LogP) is 2.66. The number of rotatable bonds is 2. The van der Waals surface area contributed by atoms with Crippen LogP contribution >= 0.6 is 23.4 Å². The third kappa shape index (κ3) is 1.40. The molecule has 0 aliphatic heterocycles. The first kappa shape index (κ1) is 9.55. The van der Waals surface area contributed by atoms with Crippen molar-refractivity contribution in [1.82, 2.24) is 9.97 Å². The molecular weight excluding hydrogens is 220 g/mol. The van der Waals surface area contributed by atoms with Crippen LogP contribution in [0.4, 0.5) is 0 Å². The Labute approximate surface area is 89.9 Å². The predicted molar refractivity (Wildman–Crippen MR) is 58.1 cm³/mol. The van der Waals surface area contributed by atoms with Crippen LogP contribution in [0, 0.1) is 0 Å². The Morgan fingerprint density at radius 2 is 2.36 bits per heavy atom. The Morgan fingerprint density at radius 3 is 3.00 bits per heavy atom. The SMILES string of the molecule is CSc1ccc2[nH]cnc2c1C(=O)Cl. The minimum absolute atomic E-state index is 0.466. The van der Waals surface area contributed by atoms with Gasteiger partial charge in [-0.2, -0.15) is 0 Å². The van der Waals surface area contributed by atoms with Crippen LogP contribution in [0.25, 0.3) is 11.0 Å². The number of thioether (sulfide) groups is 1. The van der Waals surface area contributed by atoms with Crippen molar-refractivity contribution in [3.63, 3.8) is 0 Å². The third-order valence-corrected chi connectivity index (χ3v) is 2.94. The van der Waals surface area contributed by atoms with Gasteiger partial charge in [0.1, 0.15) is 5.52 Å². The normalized spacial score (nSPS) is 10.7. The summed E-state index contributed by atoms with van der Waals surface area (Å²) in [4.78, 5) is 19.1. The van der Waals surface area contributed by atoms with Gasteiger partial charge in [0.25, 0.3) is 5.24 Å². The van der Waals surface area contributed by atoms with Gasteiger partial charge in [0, 0.05) is 4.90 Å². The molecule has 1 heterocycles. The number of H-pyrrole nitrogens is 1. The summed E-state index contributed by atoms with van der Waals surface area (Å²) in [5.41, 5.74) is 1.95. The lowest BCUT2D eigenvalue weighted by molar-refractivity contribution is 0.108. The Hall–Kier alpha value is -1.000. The first-order valence-corrected chi connectivity index (χ1v) is 5.54. The van der Waals surface area contributed by atoms with E-state index in [9.17, 15) is 4.79 Å². The van der Waals surface area contributed by atoms with Crippen molar-refractivity contribution in [2.24, 2.45) is 0 Å². The second-order valence-electron chi connectivity index (χ2n) is 2.72. The highest BCUT2D eigenvalue weighted by molar-refractivity contribution is 7.98. The van der Waals surface area contributed by atoms with E-state index in [4.69, 9.17) is 11.6 Å². The summed E-state index contributed by atoms with van der Waals surface area (Å²) in [7, 11) is 0. The van der Waals surface area contributed by atoms with Crippen LogP contribution in [0.2, 0.25) is 0 Å². The van der Waals surface area contributed by atoms with Gasteiger partial charge in [0.15, 0.2) is 0 Å². The average molecular weight is 227 g/mol. The van der Waals surface area contributed by atoms with Crippen molar-refractivity contribution in [2.75, 3.05) is 6.26 Å². The number of carbonyl (C=O) groups is 1. The van der Waals surface area contributed by atoms with Crippen LogP contribution in [-0.2, 0) is 0 Å². The molecule has 1 aromatic heterocycles. The highest BCUT2D eigenvalue weighted by Gasteiger charge is 2.14. The van der Waals surface area contributed by atoms with Gasteiger partial charge in [-0.3, -0.25) is 4.79 Å². The maximum absolute atomic E-state index is 11.2. The number of hydrogen-bond acceptors (Lipinski definition) is 3. The molecule has 0 amide bonds. The number of aromatic nitrogens is 2. The molecule has 5 heteroatoms. The summed E-state index contributed by atoms with van der Waals surface area (Å²) in [6.07, 6.45) is 3.45. The molecule has 0 radical (unpaired) electrons. The molecule has 0 saturated heterocycles. The molecule has 3 nitrogen and oxygen atoms in total. The van der Waals surface area contributed by atoms with Gasteiger partial charge >= 0.3 is 0 Å². The molecule has 0 fully saturated rings. The van der Waals surface area contributed by atoms with Crippen LogP contribution in [-0.4, -0.2) is 21.5 Å². The van der Waals surface area contributed by atoms with Gasteiger partial charge in [0.2, 0.25) is 0 Å². The first-order chi connectivity index (χ1) is 6.74. The van der Waals surface area contributed by atoms with Gasteiger partial charge in [-0.15, -0.1) is 11.8 Å². The molecule has 14 heavy (non-hydrogen) atoms. The number of carbonyl (C=O) groups excluding carboxylic acids is 1. The quantitative estimate of drug-likeness (QED) is 0.633. The number of benzene rings is 1. The average Bonchev–Trinajstić information content (AvgIpc) is 2.62. The van der Waals surface area contributed by atoms with Gasteiger partial charge in [0.05, 0.1) is 17.4 Å². The van der Waals surface area contributed by atoms with Gasteiger partial charge in [-0.05, 0) is 30.0 Å². The first-order valence-electron chi connectivity index (χ1n) is 3.94. The van der Waals surface area contributed by atoms with Crippen molar-refractivity contribution < 1.29 is 4.79 Å². The van der Waals surface area contributed by atoms with Crippen molar-refractivity contribution in [2.45, 2.75) is 4.90 Å². The third-order valence-electron chi connectivity index (χ3n) is 1.97. The highest BCUT2D eigenvalue weighted by atomic mass is 35.5. The molecule has 0 aliphatic rings. The van der Waals surface area contributed by atoms with E-state index in [-0.39, 0.29) is 0 Å². The van der Waals surface area contributed by atoms with Crippen LogP contribution in [0.15, 0.2) is 23.4 Å². The zero-order valence-electron chi connectivity index (χ0n) is 7.37. The van der Waals surface area contributed by atoms with E-state index in [1.54, 1.807) is 6.33 Å². The molecule has 2 rings (SSSR count). The lowest BCUT2D eigenvalue weighted by atomic mass is 10.2. The fourth-order valence-electron chi connectivity index (χ4n) is 1.35. The molecule has 0 bridgehead atoms. The lowest BCUT2D eigenvalue weighted by Crippen LogP contribution is -1.94. The standard InChI is InChI=1S/C9H7ClN2OS/c1-14-6-3-2-5-8(12-4-11-5)7(6)9(10)13/h2-4H,1H3,(H,11,12). The Balaban J connectivity index is 2.82. The molecule has 1 aromatic carbocycles. The van der Waals surface area contributed by atoms with Crippen molar-refractivity contribution in [3.8, 4) is 0 Å². The summed E-state index contributed by atoms with van der Waals surface area (Å²) < 4.78 is 0. The number of nitrogens with one attached hydrogen (secondary N) is 1. The number of halogens is 1. The molecule has 0 spiro atoms. The van der Waals surface area contributed by atoms with E-state index in [2.05, 4.69) is 9.97 Å². The van der Waals surface area contributed by atoms with Gasteiger partial charge < -0.3 is 4.98 Å². The lowest BCUT2D eigenvalue weighted by Gasteiger charge is -2.02. The largest absolute Gasteiger partial charge is 0.345 e. The van der Waals surface area contributed by atoms with E-state index in [1.807, 2.05) is 18.4 Å². The van der Waals surface area contributed by atoms with Crippen molar-refractivity contribution >= 4 is 39.6 Å². The van der Waals surface area contributed by atoms with E-state index in [0.29, 0.717) is 11.1 Å². The number of fused-ring (bicyclic) bond motifs is 1. The molecule has 72 valence electrons. The van der Waals surface area contributed by atoms with Crippen molar-refractivity contribution in [1.29, 1.82) is 0 Å². The van der Waals surface area contributed by atoms with Crippen molar-refractivity contribution in [3.05, 3.63) is 24.0 Å². The minimum Gasteiger partial charge on any atom is -0.345 e. The maximum atomic E-state index is 11.2.